The lowest BCUT2D eigenvalue weighted by atomic mass is 9.82. The van der Waals surface area contributed by atoms with Crippen LogP contribution in [0.2, 0.25) is 0 Å². The third kappa shape index (κ3) is 3.86. The molecule has 0 unspecified atom stereocenters. The van der Waals surface area contributed by atoms with Gasteiger partial charge < -0.3 is 10.3 Å². The number of hydrogen-bond acceptors (Lipinski definition) is 2. The molecule has 2 N–H and O–H groups in total. The molecule has 1 aromatic heterocycles. The standard InChI is InChI=1S/C14H17F3N2O2/c1-8-3-2-4-9(5-8)12(20)19-11-6-10(14(15,16)17)7-18-13(11)21/h6-9H,2-5H2,1H3,(H,18,21)(H,19,20)/t8-,9+/m1/s1. The van der Waals surface area contributed by atoms with Crippen molar-refractivity contribution in [1.29, 1.82) is 0 Å². The van der Waals surface area contributed by atoms with Crippen LogP contribution in [-0.4, -0.2) is 10.9 Å². The zero-order valence-electron chi connectivity index (χ0n) is 11.6. The van der Waals surface area contributed by atoms with E-state index in [1.165, 1.54) is 0 Å². The number of nitrogens with one attached hydrogen (secondary N) is 2. The van der Waals surface area contributed by atoms with Crippen LogP contribution >= 0.6 is 0 Å². The fraction of sp³-hybridized carbons (Fsp3) is 0.571. The number of anilines is 1. The van der Waals surface area contributed by atoms with Gasteiger partial charge in [-0.15, -0.1) is 0 Å². The molecule has 4 nitrogen and oxygen atoms in total. The normalized spacial score (nSPS) is 22.9. The van der Waals surface area contributed by atoms with Crippen molar-refractivity contribution in [2.75, 3.05) is 5.32 Å². The Morgan fingerprint density at radius 1 is 1.38 bits per heavy atom. The third-order valence-electron chi connectivity index (χ3n) is 3.80. The first-order valence-corrected chi connectivity index (χ1v) is 6.88. The molecule has 1 fully saturated rings. The van der Waals surface area contributed by atoms with E-state index in [9.17, 15) is 22.8 Å². The number of carbonyl (C=O) groups excluding carboxylic acids is 1. The predicted octanol–water partition coefficient (Wildman–Crippen LogP) is 3.16. The molecule has 116 valence electrons. The summed E-state index contributed by atoms with van der Waals surface area (Å²) in [7, 11) is 0. The predicted molar refractivity (Wildman–Crippen MR) is 71.8 cm³/mol. The summed E-state index contributed by atoms with van der Waals surface area (Å²) in [6.07, 6.45) is -0.606. The van der Waals surface area contributed by atoms with Gasteiger partial charge in [0.1, 0.15) is 5.69 Å². The van der Waals surface area contributed by atoms with Gasteiger partial charge in [0, 0.05) is 12.1 Å². The van der Waals surface area contributed by atoms with E-state index < -0.39 is 17.3 Å². The summed E-state index contributed by atoms with van der Waals surface area (Å²) in [4.78, 5) is 25.6. The highest BCUT2D eigenvalue weighted by molar-refractivity contribution is 5.92. The van der Waals surface area contributed by atoms with E-state index in [2.05, 4.69) is 5.32 Å². The highest BCUT2D eigenvalue weighted by Gasteiger charge is 2.32. The molecule has 0 radical (unpaired) electrons. The Bertz CT molecular complexity index is 580. The average Bonchev–Trinajstić information content (AvgIpc) is 2.40. The molecule has 0 spiro atoms. The maximum absolute atomic E-state index is 12.6. The summed E-state index contributed by atoms with van der Waals surface area (Å²) >= 11 is 0. The molecule has 0 aliphatic heterocycles. The molecule has 0 saturated heterocycles. The lowest BCUT2D eigenvalue weighted by Gasteiger charge is -2.25. The van der Waals surface area contributed by atoms with Crippen molar-refractivity contribution in [1.82, 2.24) is 4.98 Å². The minimum absolute atomic E-state index is 0.248. The number of aromatic nitrogens is 1. The number of pyridine rings is 1. The van der Waals surface area contributed by atoms with E-state index in [0.717, 1.165) is 12.8 Å². The summed E-state index contributed by atoms with van der Waals surface area (Å²) in [5.74, 6) is -0.219. The lowest BCUT2D eigenvalue weighted by Crippen LogP contribution is -2.30. The monoisotopic (exact) mass is 302 g/mol. The van der Waals surface area contributed by atoms with Crippen molar-refractivity contribution in [2.24, 2.45) is 11.8 Å². The zero-order chi connectivity index (χ0) is 15.6. The van der Waals surface area contributed by atoms with E-state index in [0.29, 0.717) is 31.0 Å². The van der Waals surface area contributed by atoms with Gasteiger partial charge in [-0.25, -0.2) is 0 Å². The first kappa shape index (κ1) is 15.6. The smallest absolute Gasteiger partial charge is 0.327 e. The van der Waals surface area contributed by atoms with E-state index in [4.69, 9.17) is 0 Å². The fourth-order valence-corrected chi connectivity index (χ4v) is 2.65. The lowest BCUT2D eigenvalue weighted by molar-refractivity contribution is -0.137. The summed E-state index contributed by atoms with van der Waals surface area (Å²) in [5, 5.41) is 2.33. The molecular formula is C14H17F3N2O2. The second-order valence-electron chi connectivity index (χ2n) is 5.59. The van der Waals surface area contributed by atoms with Crippen LogP contribution in [0, 0.1) is 11.8 Å². The van der Waals surface area contributed by atoms with E-state index in [-0.39, 0.29) is 17.5 Å². The molecule has 1 heterocycles. The van der Waals surface area contributed by atoms with Gasteiger partial charge in [0.15, 0.2) is 0 Å². The largest absolute Gasteiger partial charge is 0.417 e. The molecule has 2 atom stereocenters. The summed E-state index contributed by atoms with van der Waals surface area (Å²) < 4.78 is 37.8. The van der Waals surface area contributed by atoms with Crippen LogP contribution in [0.15, 0.2) is 17.1 Å². The van der Waals surface area contributed by atoms with Crippen LogP contribution in [0.25, 0.3) is 0 Å². The molecule has 21 heavy (non-hydrogen) atoms. The second-order valence-corrected chi connectivity index (χ2v) is 5.59. The first-order chi connectivity index (χ1) is 9.77. The van der Waals surface area contributed by atoms with Crippen molar-refractivity contribution in [2.45, 2.75) is 38.8 Å². The molecule has 1 amide bonds. The van der Waals surface area contributed by atoms with Crippen LogP contribution in [-0.2, 0) is 11.0 Å². The van der Waals surface area contributed by atoms with Crippen LogP contribution in [0.4, 0.5) is 18.9 Å². The SMILES string of the molecule is C[C@@H]1CCC[C@H](C(=O)Nc2cc(C(F)(F)F)c[nH]c2=O)C1. The highest BCUT2D eigenvalue weighted by atomic mass is 19.4. The van der Waals surface area contributed by atoms with Gasteiger partial charge in [-0.1, -0.05) is 19.8 Å². The topological polar surface area (TPSA) is 62.0 Å². The molecule has 2 rings (SSSR count). The maximum atomic E-state index is 12.6. The molecule has 1 aliphatic carbocycles. The first-order valence-electron chi connectivity index (χ1n) is 6.88. The summed E-state index contributed by atoms with van der Waals surface area (Å²) in [5.41, 5.74) is -2.08. The van der Waals surface area contributed by atoms with Crippen LogP contribution in [0.1, 0.15) is 38.2 Å². The molecule has 1 aliphatic rings. The van der Waals surface area contributed by atoms with Gasteiger partial charge in [-0.2, -0.15) is 13.2 Å². The van der Waals surface area contributed by atoms with Crippen LogP contribution < -0.4 is 10.9 Å². The van der Waals surface area contributed by atoms with Crippen LogP contribution in [0.3, 0.4) is 0 Å². The Hall–Kier alpha value is -1.79. The molecule has 7 heteroatoms. The summed E-state index contributed by atoms with van der Waals surface area (Å²) in [6.45, 7) is 2.04. The van der Waals surface area contributed by atoms with Crippen molar-refractivity contribution in [3.8, 4) is 0 Å². The van der Waals surface area contributed by atoms with Gasteiger partial charge >= 0.3 is 6.18 Å². The minimum atomic E-state index is -4.57. The van der Waals surface area contributed by atoms with E-state index >= 15 is 0 Å². The Labute approximate surface area is 119 Å². The van der Waals surface area contributed by atoms with Gasteiger partial charge in [0.2, 0.25) is 5.91 Å². The molecule has 1 aromatic rings. The third-order valence-corrected chi connectivity index (χ3v) is 3.80. The van der Waals surface area contributed by atoms with Gasteiger partial charge in [-0.05, 0) is 24.8 Å². The Kier molecular flexibility index (Phi) is 4.39. The molecule has 0 bridgehead atoms. The average molecular weight is 302 g/mol. The number of halogens is 3. The van der Waals surface area contributed by atoms with Crippen molar-refractivity contribution in [3.63, 3.8) is 0 Å². The number of amides is 1. The summed E-state index contributed by atoms with van der Waals surface area (Å²) in [6, 6.07) is 0.670. The minimum Gasteiger partial charge on any atom is -0.327 e. The highest BCUT2D eigenvalue weighted by Crippen LogP contribution is 2.31. The zero-order valence-corrected chi connectivity index (χ0v) is 11.6. The maximum Gasteiger partial charge on any atom is 0.417 e. The van der Waals surface area contributed by atoms with Crippen LogP contribution in [0.5, 0.6) is 0 Å². The number of alkyl halides is 3. The second kappa shape index (κ2) is 5.91. The van der Waals surface area contributed by atoms with Gasteiger partial charge in [0.05, 0.1) is 5.56 Å². The van der Waals surface area contributed by atoms with Crippen molar-refractivity contribution in [3.05, 3.63) is 28.2 Å². The quantitative estimate of drug-likeness (QED) is 0.881. The van der Waals surface area contributed by atoms with Crippen molar-refractivity contribution >= 4 is 11.6 Å². The van der Waals surface area contributed by atoms with Gasteiger partial charge in [0.25, 0.3) is 5.56 Å². The Balaban J connectivity index is 2.15. The number of rotatable bonds is 2. The molecule has 0 aromatic carbocycles. The Morgan fingerprint density at radius 3 is 2.71 bits per heavy atom. The van der Waals surface area contributed by atoms with E-state index in [1.807, 2.05) is 11.9 Å². The molecule has 1 saturated carbocycles. The van der Waals surface area contributed by atoms with Gasteiger partial charge in [-0.3, -0.25) is 9.59 Å². The number of H-pyrrole nitrogens is 1. The Morgan fingerprint density at radius 2 is 2.10 bits per heavy atom. The number of hydrogen-bond donors (Lipinski definition) is 2. The fourth-order valence-electron chi connectivity index (χ4n) is 2.65. The van der Waals surface area contributed by atoms with E-state index in [1.54, 1.807) is 0 Å². The number of aromatic amines is 1. The molecular weight excluding hydrogens is 285 g/mol. The van der Waals surface area contributed by atoms with Crippen molar-refractivity contribution < 1.29 is 18.0 Å². The number of carbonyl (C=O) groups is 1.